The van der Waals surface area contributed by atoms with E-state index in [1.807, 2.05) is 29.8 Å². The summed E-state index contributed by atoms with van der Waals surface area (Å²) >= 11 is 0. The number of nitrogens with zero attached hydrogens (tertiary/aromatic N) is 2. The van der Waals surface area contributed by atoms with Gasteiger partial charge in [-0.25, -0.2) is 22.6 Å². The van der Waals surface area contributed by atoms with Gasteiger partial charge >= 0.3 is 5.76 Å². The first-order valence-electron chi connectivity index (χ1n) is 9.91. The van der Waals surface area contributed by atoms with Crippen LogP contribution in [0, 0.1) is 18.7 Å². The monoisotopic (exact) mass is 474 g/mol. The highest BCUT2D eigenvalue weighted by atomic mass is 32.2. The molecule has 0 aliphatic rings. The molecule has 2 aromatic heterocycles. The number of halogens is 2. The van der Waals surface area contributed by atoms with Crippen LogP contribution in [0.3, 0.4) is 0 Å². The molecular weight excluding hydrogens is 454 g/mol. The van der Waals surface area contributed by atoms with Crippen molar-refractivity contribution >= 4 is 26.9 Å². The van der Waals surface area contributed by atoms with Gasteiger partial charge in [0, 0.05) is 18.7 Å². The fraction of sp³-hybridized carbons (Fsp3) is 0.182. The van der Waals surface area contributed by atoms with Crippen molar-refractivity contribution in [3.8, 4) is 0 Å². The Morgan fingerprint density at radius 3 is 2.61 bits per heavy atom. The Morgan fingerprint density at radius 1 is 1.18 bits per heavy atom. The Labute approximate surface area is 187 Å². The number of hydrogen-bond donors (Lipinski definition) is 2. The van der Waals surface area contributed by atoms with E-state index in [4.69, 9.17) is 10.2 Å². The van der Waals surface area contributed by atoms with Crippen LogP contribution in [0.4, 0.5) is 14.6 Å². The molecule has 0 aliphatic heterocycles. The Morgan fingerprint density at radius 2 is 1.91 bits per heavy atom. The molecule has 2 aromatic carbocycles. The van der Waals surface area contributed by atoms with Crippen LogP contribution >= 0.6 is 0 Å². The van der Waals surface area contributed by atoms with Crippen molar-refractivity contribution in [3.63, 3.8) is 0 Å². The van der Waals surface area contributed by atoms with Crippen molar-refractivity contribution in [1.29, 1.82) is 0 Å². The van der Waals surface area contributed by atoms with E-state index in [-0.39, 0.29) is 23.5 Å². The van der Waals surface area contributed by atoms with Crippen LogP contribution in [0.1, 0.15) is 29.7 Å². The Bertz CT molecular complexity index is 1530. The van der Waals surface area contributed by atoms with Crippen molar-refractivity contribution in [3.05, 3.63) is 87.5 Å². The molecule has 2 heterocycles. The highest BCUT2D eigenvalue weighted by Gasteiger charge is 2.26. The summed E-state index contributed by atoms with van der Waals surface area (Å²) < 4.78 is 62.1. The zero-order valence-electron chi connectivity index (χ0n) is 17.7. The summed E-state index contributed by atoms with van der Waals surface area (Å²) in [5.41, 5.74) is 8.39. The Kier molecular flexibility index (Phi) is 5.76. The second kappa shape index (κ2) is 8.41. The topological polar surface area (TPSA) is 120 Å². The molecule has 3 N–H and O–H groups in total. The van der Waals surface area contributed by atoms with Crippen molar-refractivity contribution in [2.75, 3.05) is 4.72 Å². The number of sulfonamides is 1. The smallest absolute Gasteiger partial charge is 0.408 e. The van der Waals surface area contributed by atoms with Gasteiger partial charge in [-0.3, -0.25) is 9.29 Å². The number of aryl methyl sites for hydroxylation is 1. The second-order valence-corrected chi connectivity index (χ2v) is 9.11. The lowest BCUT2D eigenvalue weighted by atomic mass is 9.97. The third-order valence-corrected chi connectivity index (χ3v) is 6.77. The number of oxazole rings is 1. The minimum atomic E-state index is -4.49. The van der Waals surface area contributed by atoms with Crippen molar-refractivity contribution < 1.29 is 21.6 Å². The summed E-state index contributed by atoms with van der Waals surface area (Å²) in [6, 6.07) is 10.3. The molecular formula is C22H20F2N4O4S. The van der Waals surface area contributed by atoms with Gasteiger partial charge in [0.1, 0.15) is 16.5 Å². The summed E-state index contributed by atoms with van der Waals surface area (Å²) in [5, 5.41) is 0. The van der Waals surface area contributed by atoms with E-state index in [1.54, 1.807) is 6.92 Å². The molecule has 4 aromatic rings. The highest BCUT2D eigenvalue weighted by Crippen LogP contribution is 2.29. The highest BCUT2D eigenvalue weighted by molar-refractivity contribution is 7.92. The van der Waals surface area contributed by atoms with Crippen LogP contribution in [0.2, 0.25) is 0 Å². The fourth-order valence-corrected chi connectivity index (χ4v) is 4.88. The maximum atomic E-state index is 15.0. The van der Waals surface area contributed by atoms with Crippen LogP contribution in [0.25, 0.3) is 11.1 Å². The number of nitrogens with two attached hydrogens (primary N) is 1. The van der Waals surface area contributed by atoms with Gasteiger partial charge in [-0.1, -0.05) is 24.3 Å². The van der Waals surface area contributed by atoms with E-state index in [1.165, 1.54) is 16.7 Å². The van der Waals surface area contributed by atoms with Crippen molar-refractivity contribution in [2.45, 2.75) is 31.3 Å². The third-order valence-electron chi connectivity index (χ3n) is 5.40. The molecule has 0 bridgehead atoms. The molecule has 11 heteroatoms. The first kappa shape index (κ1) is 22.6. The molecule has 1 unspecified atom stereocenters. The summed E-state index contributed by atoms with van der Waals surface area (Å²) in [6.07, 6.45) is 0. The summed E-state index contributed by atoms with van der Waals surface area (Å²) in [7, 11) is -4.49. The number of hydrogen-bond acceptors (Lipinski definition) is 6. The quantitative estimate of drug-likeness (QED) is 0.413. The van der Waals surface area contributed by atoms with Gasteiger partial charge in [0.15, 0.2) is 5.58 Å². The standard InChI is InChI=1S/C22H20F2N4O4S/c1-12-5-3-6-14(15(12)11-25)13(2)28-17-9-16(23)19(10-18(17)32-22(28)29)33(30,31)27-21-8-4-7-20(24)26-21/h3-10,13H,11,25H2,1-2H3,(H,26,27). The number of nitrogens with one attached hydrogen (secondary N) is 1. The zero-order chi connectivity index (χ0) is 23.9. The lowest BCUT2D eigenvalue weighted by Crippen LogP contribution is -2.21. The van der Waals surface area contributed by atoms with Gasteiger partial charge in [0.25, 0.3) is 10.0 Å². The number of rotatable bonds is 6. The average molecular weight is 474 g/mol. The number of anilines is 1. The Balaban J connectivity index is 1.81. The van der Waals surface area contributed by atoms with Crippen LogP contribution < -0.4 is 16.2 Å². The fourth-order valence-electron chi connectivity index (χ4n) is 3.80. The van der Waals surface area contributed by atoms with Crippen LogP contribution in [-0.4, -0.2) is 18.0 Å². The van der Waals surface area contributed by atoms with Crippen LogP contribution in [-0.2, 0) is 16.6 Å². The van der Waals surface area contributed by atoms with E-state index in [0.717, 1.165) is 34.9 Å². The predicted molar refractivity (Wildman–Crippen MR) is 118 cm³/mol. The first-order valence-corrected chi connectivity index (χ1v) is 11.4. The molecule has 0 aliphatic carbocycles. The summed E-state index contributed by atoms with van der Waals surface area (Å²) in [4.78, 5) is 15.3. The molecule has 0 amide bonds. The van der Waals surface area contributed by atoms with Gasteiger partial charge in [-0.2, -0.15) is 4.39 Å². The molecule has 1 atom stereocenters. The predicted octanol–water partition coefficient (Wildman–Crippen LogP) is 3.44. The normalized spacial score (nSPS) is 12.8. The molecule has 33 heavy (non-hydrogen) atoms. The molecule has 172 valence electrons. The number of aromatic nitrogens is 2. The first-order chi connectivity index (χ1) is 15.6. The maximum absolute atomic E-state index is 15.0. The van der Waals surface area contributed by atoms with Crippen molar-refractivity contribution in [2.24, 2.45) is 5.73 Å². The molecule has 0 saturated heterocycles. The van der Waals surface area contributed by atoms with Gasteiger partial charge in [0.2, 0.25) is 5.95 Å². The Hall–Kier alpha value is -3.57. The lowest BCUT2D eigenvalue weighted by Gasteiger charge is -2.18. The second-order valence-electron chi connectivity index (χ2n) is 7.46. The lowest BCUT2D eigenvalue weighted by molar-refractivity contribution is 0.488. The van der Waals surface area contributed by atoms with Crippen molar-refractivity contribution in [1.82, 2.24) is 9.55 Å². The van der Waals surface area contributed by atoms with E-state index < -0.39 is 38.5 Å². The maximum Gasteiger partial charge on any atom is 0.420 e. The average Bonchev–Trinajstić information content (AvgIpc) is 3.06. The molecule has 0 saturated carbocycles. The minimum Gasteiger partial charge on any atom is -0.408 e. The number of pyridine rings is 1. The minimum absolute atomic E-state index is 0.0808. The van der Waals surface area contributed by atoms with Crippen LogP contribution in [0.15, 0.2) is 62.6 Å². The van der Waals surface area contributed by atoms with Crippen LogP contribution in [0.5, 0.6) is 0 Å². The number of fused-ring (bicyclic) bond motifs is 1. The molecule has 0 spiro atoms. The van der Waals surface area contributed by atoms with Gasteiger partial charge in [-0.15, -0.1) is 0 Å². The third kappa shape index (κ3) is 4.12. The van der Waals surface area contributed by atoms with E-state index in [2.05, 4.69) is 4.98 Å². The van der Waals surface area contributed by atoms with Gasteiger partial charge in [0.05, 0.1) is 11.6 Å². The number of benzene rings is 2. The summed E-state index contributed by atoms with van der Waals surface area (Å²) in [5.74, 6) is -3.13. The van der Waals surface area contributed by atoms with E-state index in [9.17, 15) is 22.0 Å². The zero-order valence-corrected chi connectivity index (χ0v) is 18.5. The molecule has 0 fully saturated rings. The molecule has 0 radical (unpaired) electrons. The molecule has 8 nitrogen and oxygen atoms in total. The molecule has 4 rings (SSSR count). The summed E-state index contributed by atoms with van der Waals surface area (Å²) in [6.45, 7) is 3.88. The van der Waals surface area contributed by atoms with Gasteiger partial charge < -0.3 is 10.2 Å². The SMILES string of the molecule is Cc1cccc(C(C)n2c(=O)oc3cc(S(=O)(=O)Nc4cccc(F)n4)c(F)cc32)c1CN. The van der Waals surface area contributed by atoms with Gasteiger partial charge in [-0.05, 0) is 42.7 Å². The van der Waals surface area contributed by atoms with E-state index in [0.29, 0.717) is 0 Å². The largest absolute Gasteiger partial charge is 0.420 e. The van der Waals surface area contributed by atoms with E-state index >= 15 is 0 Å².